The summed E-state index contributed by atoms with van der Waals surface area (Å²) in [7, 11) is 0. The molecule has 0 aliphatic rings. The fourth-order valence-electron chi connectivity index (χ4n) is 1.57. The van der Waals surface area contributed by atoms with Crippen molar-refractivity contribution in [1.29, 1.82) is 0 Å². The molecular weight excluding hydrogens is 278 g/mol. The first kappa shape index (κ1) is 14.9. The van der Waals surface area contributed by atoms with Crippen LogP contribution in [-0.4, -0.2) is 44.6 Å². The fraction of sp³-hybridized carbons (Fsp3) is 0.417. The average Bonchev–Trinajstić information content (AvgIpc) is 2.80. The second kappa shape index (κ2) is 6.75. The lowest BCUT2D eigenvalue weighted by atomic mass is 10.5. The molecule has 0 saturated heterocycles. The van der Waals surface area contributed by atoms with Crippen molar-refractivity contribution in [2.75, 3.05) is 18.5 Å². The van der Waals surface area contributed by atoms with E-state index < -0.39 is 0 Å². The van der Waals surface area contributed by atoms with Crippen LogP contribution in [0.25, 0.3) is 11.2 Å². The molecule has 9 heteroatoms. The molecular formula is C12H15N5O4. The van der Waals surface area contributed by atoms with E-state index in [0.29, 0.717) is 11.2 Å². The number of aromatic nitrogens is 4. The van der Waals surface area contributed by atoms with Crippen molar-refractivity contribution in [2.45, 2.75) is 20.6 Å². The molecule has 0 unspecified atom stereocenters. The van der Waals surface area contributed by atoms with E-state index in [1.165, 1.54) is 20.0 Å². The van der Waals surface area contributed by atoms with Crippen LogP contribution in [0.4, 0.5) is 5.95 Å². The summed E-state index contributed by atoms with van der Waals surface area (Å²) in [6, 6.07) is 0. The monoisotopic (exact) mass is 293 g/mol. The summed E-state index contributed by atoms with van der Waals surface area (Å²) >= 11 is 0. The molecule has 0 atom stereocenters. The van der Waals surface area contributed by atoms with Gasteiger partial charge in [0.2, 0.25) is 11.9 Å². The Morgan fingerprint density at radius 3 is 2.81 bits per heavy atom. The Morgan fingerprint density at radius 2 is 2.10 bits per heavy atom. The van der Waals surface area contributed by atoms with E-state index in [9.17, 15) is 9.59 Å². The third-order valence-corrected chi connectivity index (χ3v) is 2.41. The van der Waals surface area contributed by atoms with E-state index in [1.807, 2.05) is 0 Å². The molecule has 0 radical (unpaired) electrons. The van der Waals surface area contributed by atoms with Gasteiger partial charge in [0.1, 0.15) is 18.9 Å². The van der Waals surface area contributed by atoms with Gasteiger partial charge < -0.3 is 9.47 Å². The highest BCUT2D eigenvalue weighted by Gasteiger charge is 2.07. The molecule has 1 amide bonds. The van der Waals surface area contributed by atoms with Crippen LogP contribution in [0.1, 0.15) is 13.8 Å². The molecule has 0 saturated carbocycles. The number of anilines is 1. The lowest BCUT2D eigenvalue weighted by Crippen LogP contribution is -2.11. The van der Waals surface area contributed by atoms with Crippen molar-refractivity contribution in [3.05, 3.63) is 12.5 Å². The highest BCUT2D eigenvalue weighted by molar-refractivity contribution is 5.87. The van der Waals surface area contributed by atoms with E-state index in [-0.39, 0.29) is 37.8 Å². The molecule has 2 aromatic rings. The maximum atomic E-state index is 11.0. The number of amides is 1. The van der Waals surface area contributed by atoms with Crippen molar-refractivity contribution in [2.24, 2.45) is 0 Å². The summed E-state index contributed by atoms with van der Waals surface area (Å²) in [6.07, 6.45) is 3.08. The van der Waals surface area contributed by atoms with Gasteiger partial charge >= 0.3 is 5.97 Å². The maximum absolute atomic E-state index is 11.0. The minimum absolute atomic E-state index is 0.189. The number of fused-ring (bicyclic) bond motifs is 1. The van der Waals surface area contributed by atoms with E-state index in [4.69, 9.17) is 9.47 Å². The number of carbonyl (C=O) groups excluding carboxylic acids is 2. The van der Waals surface area contributed by atoms with Crippen LogP contribution < -0.4 is 5.32 Å². The molecule has 2 rings (SSSR count). The first-order valence-corrected chi connectivity index (χ1v) is 6.23. The van der Waals surface area contributed by atoms with Crippen molar-refractivity contribution in [3.63, 3.8) is 0 Å². The molecule has 21 heavy (non-hydrogen) atoms. The van der Waals surface area contributed by atoms with Crippen molar-refractivity contribution >= 4 is 29.0 Å². The Hall–Kier alpha value is -2.55. The van der Waals surface area contributed by atoms with Gasteiger partial charge in [-0.2, -0.15) is 4.98 Å². The molecule has 2 aromatic heterocycles. The van der Waals surface area contributed by atoms with Crippen LogP contribution in [0.2, 0.25) is 0 Å². The van der Waals surface area contributed by atoms with Gasteiger partial charge in [-0.3, -0.25) is 19.5 Å². The predicted molar refractivity (Wildman–Crippen MR) is 72.2 cm³/mol. The minimum atomic E-state index is -0.348. The smallest absolute Gasteiger partial charge is 0.302 e. The zero-order valence-corrected chi connectivity index (χ0v) is 11.7. The lowest BCUT2D eigenvalue weighted by molar-refractivity contribution is -0.142. The van der Waals surface area contributed by atoms with Crippen molar-refractivity contribution in [1.82, 2.24) is 19.5 Å². The van der Waals surface area contributed by atoms with Gasteiger partial charge in [-0.15, -0.1) is 0 Å². The molecule has 2 heterocycles. The molecule has 0 fully saturated rings. The number of imidazole rings is 1. The van der Waals surface area contributed by atoms with Crippen LogP contribution in [0.3, 0.4) is 0 Å². The summed E-state index contributed by atoms with van der Waals surface area (Å²) < 4.78 is 11.8. The standard InChI is InChI=1S/C12H15N5O4/c1-8(18)15-12-13-5-10-11(16-12)17(6-14-10)7-20-3-4-21-9(2)19/h5-6H,3-4,7H2,1-2H3,(H,13,15,16,18). The van der Waals surface area contributed by atoms with Gasteiger partial charge in [0.15, 0.2) is 5.65 Å². The largest absolute Gasteiger partial charge is 0.463 e. The van der Waals surface area contributed by atoms with Gasteiger partial charge in [-0.05, 0) is 0 Å². The molecule has 0 bridgehead atoms. The van der Waals surface area contributed by atoms with Gasteiger partial charge in [0.05, 0.1) is 19.1 Å². The Bertz CT molecular complexity index is 654. The number of carbonyl (C=O) groups is 2. The molecule has 0 spiro atoms. The Labute approximate surface area is 120 Å². The number of esters is 1. The molecule has 1 N–H and O–H groups in total. The van der Waals surface area contributed by atoms with Crippen LogP contribution in [0.15, 0.2) is 12.5 Å². The van der Waals surface area contributed by atoms with Crippen LogP contribution >= 0.6 is 0 Å². The summed E-state index contributed by atoms with van der Waals surface area (Å²) in [5, 5.41) is 2.50. The number of nitrogens with one attached hydrogen (secondary N) is 1. The maximum Gasteiger partial charge on any atom is 0.302 e. The Kier molecular flexibility index (Phi) is 4.77. The Balaban J connectivity index is 1.99. The predicted octanol–water partition coefficient (Wildman–Crippen LogP) is 0.322. The van der Waals surface area contributed by atoms with Gasteiger partial charge in [0, 0.05) is 13.8 Å². The van der Waals surface area contributed by atoms with E-state index in [2.05, 4.69) is 20.3 Å². The van der Waals surface area contributed by atoms with Crippen LogP contribution in [0.5, 0.6) is 0 Å². The third kappa shape index (κ3) is 4.21. The van der Waals surface area contributed by atoms with Crippen LogP contribution in [0, 0.1) is 0 Å². The Morgan fingerprint density at radius 1 is 1.29 bits per heavy atom. The second-order valence-corrected chi connectivity index (χ2v) is 4.18. The SMILES string of the molecule is CC(=O)Nc1ncc2ncn(COCCOC(C)=O)c2n1. The zero-order valence-electron chi connectivity index (χ0n) is 11.7. The number of ether oxygens (including phenoxy) is 2. The van der Waals surface area contributed by atoms with Crippen molar-refractivity contribution in [3.8, 4) is 0 Å². The number of rotatable bonds is 6. The van der Waals surface area contributed by atoms with Gasteiger partial charge in [0.25, 0.3) is 0 Å². The first-order valence-electron chi connectivity index (χ1n) is 6.23. The number of hydrogen-bond acceptors (Lipinski definition) is 7. The fourth-order valence-corrected chi connectivity index (χ4v) is 1.57. The zero-order chi connectivity index (χ0) is 15.2. The van der Waals surface area contributed by atoms with E-state index in [1.54, 1.807) is 10.9 Å². The van der Waals surface area contributed by atoms with Gasteiger partial charge in [-0.1, -0.05) is 0 Å². The minimum Gasteiger partial charge on any atom is -0.463 e. The first-order chi connectivity index (χ1) is 10.1. The van der Waals surface area contributed by atoms with Crippen LogP contribution in [-0.2, 0) is 25.8 Å². The third-order valence-electron chi connectivity index (χ3n) is 2.41. The van der Waals surface area contributed by atoms with Gasteiger partial charge in [-0.25, -0.2) is 9.97 Å². The number of nitrogens with zero attached hydrogens (tertiary/aromatic N) is 4. The molecule has 0 aromatic carbocycles. The summed E-state index contributed by atoms with van der Waals surface area (Å²) in [5.74, 6) is -0.394. The van der Waals surface area contributed by atoms with Crippen molar-refractivity contribution < 1.29 is 19.1 Å². The van der Waals surface area contributed by atoms with E-state index in [0.717, 1.165) is 0 Å². The highest BCUT2D eigenvalue weighted by atomic mass is 16.6. The topological polar surface area (TPSA) is 108 Å². The summed E-state index contributed by atoms with van der Waals surface area (Å²) in [4.78, 5) is 33.9. The lowest BCUT2D eigenvalue weighted by Gasteiger charge is -2.06. The van der Waals surface area contributed by atoms with E-state index >= 15 is 0 Å². The molecule has 0 aliphatic heterocycles. The summed E-state index contributed by atoms with van der Waals surface area (Å²) in [5.41, 5.74) is 1.13. The average molecular weight is 293 g/mol. The second-order valence-electron chi connectivity index (χ2n) is 4.18. The quantitative estimate of drug-likeness (QED) is 0.603. The summed E-state index contributed by atoms with van der Waals surface area (Å²) in [6.45, 7) is 3.37. The molecule has 112 valence electrons. The normalized spacial score (nSPS) is 10.6. The number of hydrogen-bond donors (Lipinski definition) is 1. The molecule has 9 nitrogen and oxygen atoms in total. The highest BCUT2D eigenvalue weighted by Crippen LogP contribution is 2.11. The molecule has 0 aliphatic carbocycles.